The fourth-order valence-corrected chi connectivity index (χ4v) is 3.95. The van der Waals surface area contributed by atoms with Gasteiger partial charge in [-0.2, -0.15) is 0 Å². The van der Waals surface area contributed by atoms with E-state index >= 15 is 0 Å². The molecule has 13 heteroatoms. The van der Waals surface area contributed by atoms with Crippen LogP contribution in [0.15, 0.2) is 30.5 Å². The SMILES string of the molecule is CCC1C(=O)OCC(NC(=O)c2nccc(C)c2OC(=O)c2ccc(F)cc2F)C(=O)OC(C)C1OC(=O)C(C)C. The molecule has 1 amide bonds. The highest BCUT2D eigenvalue weighted by Gasteiger charge is 2.41. The van der Waals surface area contributed by atoms with Gasteiger partial charge in [-0.05, 0) is 44.0 Å². The first-order valence-corrected chi connectivity index (χ1v) is 12.8. The van der Waals surface area contributed by atoms with Gasteiger partial charge in [0.1, 0.15) is 24.3 Å². The number of halogens is 2. The summed E-state index contributed by atoms with van der Waals surface area (Å²) in [4.78, 5) is 67.9. The Balaban J connectivity index is 1.84. The lowest BCUT2D eigenvalue weighted by Gasteiger charge is -2.29. The Hall–Kier alpha value is -4.42. The molecule has 4 atom stereocenters. The summed E-state index contributed by atoms with van der Waals surface area (Å²) in [6.07, 6.45) is -0.746. The molecule has 0 aliphatic carbocycles. The molecule has 2 heterocycles. The lowest BCUT2D eigenvalue weighted by Crippen LogP contribution is -2.47. The highest BCUT2D eigenvalue weighted by molar-refractivity contribution is 5.99. The Bertz CT molecular complexity index is 1350. The van der Waals surface area contributed by atoms with E-state index in [1.54, 1.807) is 20.8 Å². The molecule has 0 radical (unpaired) electrons. The smallest absolute Gasteiger partial charge is 0.346 e. The molecule has 41 heavy (non-hydrogen) atoms. The zero-order valence-electron chi connectivity index (χ0n) is 23.1. The summed E-state index contributed by atoms with van der Waals surface area (Å²) in [5.74, 6) is -8.42. The van der Waals surface area contributed by atoms with Crippen molar-refractivity contribution in [1.82, 2.24) is 10.3 Å². The minimum atomic E-state index is -1.51. The first kappa shape index (κ1) is 31.1. The molecule has 1 aliphatic heterocycles. The van der Waals surface area contributed by atoms with Crippen LogP contribution in [-0.4, -0.2) is 59.6 Å². The van der Waals surface area contributed by atoms with Crippen LogP contribution in [0.2, 0.25) is 0 Å². The summed E-state index contributed by atoms with van der Waals surface area (Å²) < 4.78 is 48.8. The summed E-state index contributed by atoms with van der Waals surface area (Å²) in [5.41, 5.74) is -0.762. The number of benzene rings is 1. The van der Waals surface area contributed by atoms with Crippen molar-refractivity contribution in [2.24, 2.45) is 11.8 Å². The number of pyridine rings is 1. The highest BCUT2D eigenvalue weighted by Crippen LogP contribution is 2.25. The Morgan fingerprint density at radius 3 is 2.49 bits per heavy atom. The second-order valence-electron chi connectivity index (χ2n) is 9.69. The minimum absolute atomic E-state index is 0.213. The maximum absolute atomic E-state index is 14.1. The van der Waals surface area contributed by atoms with Gasteiger partial charge in [0.15, 0.2) is 23.6 Å². The van der Waals surface area contributed by atoms with E-state index < -0.39 is 89.4 Å². The van der Waals surface area contributed by atoms with E-state index in [1.807, 2.05) is 0 Å². The first-order valence-electron chi connectivity index (χ1n) is 12.8. The standard InChI is InChI=1S/C28H30F2N2O9/c1-6-17-23(41-25(34)13(2)3)15(5)39-28(37)20(12-38-26(17)35)32-24(33)21-22(14(4)9-10-31-21)40-27(36)18-8-7-16(29)11-19(18)30/h7-11,13,15,17,20,23H,6,12H2,1-5H3,(H,32,33). The molecular formula is C28H30F2N2O9. The number of carbonyl (C=O) groups is 5. The molecule has 0 saturated carbocycles. The van der Waals surface area contributed by atoms with Gasteiger partial charge in [0.2, 0.25) is 0 Å². The predicted octanol–water partition coefficient (Wildman–Crippen LogP) is 3.07. The van der Waals surface area contributed by atoms with E-state index in [1.165, 1.54) is 26.1 Å². The van der Waals surface area contributed by atoms with Crippen LogP contribution in [0.4, 0.5) is 8.78 Å². The lowest BCUT2D eigenvalue weighted by molar-refractivity contribution is -0.176. The van der Waals surface area contributed by atoms with Gasteiger partial charge in [0.25, 0.3) is 5.91 Å². The number of ether oxygens (including phenoxy) is 4. The van der Waals surface area contributed by atoms with E-state index in [9.17, 15) is 32.8 Å². The zero-order valence-corrected chi connectivity index (χ0v) is 23.1. The number of carbonyl (C=O) groups excluding carboxylic acids is 5. The summed E-state index contributed by atoms with van der Waals surface area (Å²) in [6, 6.07) is 2.17. The number of rotatable bonds is 7. The maximum atomic E-state index is 14.1. The summed E-state index contributed by atoms with van der Waals surface area (Å²) in [7, 11) is 0. The van der Waals surface area contributed by atoms with Gasteiger partial charge < -0.3 is 24.3 Å². The van der Waals surface area contributed by atoms with Gasteiger partial charge in [0.05, 0.1) is 17.4 Å². The zero-order chi connectivity index (χ0) is 30.4. The molecule has 1 aliphatic rings. The monoisotopic (exact) mass is 576 g/mol. The van der Waals surface area contributed by atoms with Crippen molar-refractivity contribution in [2.75, 3.05) is 6.61 Å². The molecule has 3 rings (SSSR count). The number of amides is 1. The minimum Gasteiger partial charge on any atom is -0.463 e. The normalized spacial score (nSPS) is 21.1. The van der Waals surface area contributed by atoms with Crippen LogP contribution in [0.25, 0.3) is 0 Å². The van der Waals surface area contributed by atoms with E-state index in [0.717, 1.165) is 12.1 Å². The summed E-state index contributed by atoms with van der Waals surface area (Å²) in [6.45, 7) is 7.23. The molecule has 0 bridgehead atoms. The molecule has 220 valence electrons. The van der Waals surface area contributed by atoms with E-state index in [-0.39, 0.29) is 17.7 Å². The van der Waals surface area contributed by atoms with Crippen LogP contribution in [0, 0.1) is 30.4 Å². The van der Waals surface area contributed by atoms with Crippen molar-refractivity contribution < 1.29 is 51.7 Å². The van der Waals surface area contributed by atoms with E-state index in [2.05, 4.69) is 10.3 Å². The van der Waals surface area contributed by atoms with Crippen molar-refractivity contribution >= 4 is 29.8 Å². The molecule has 2 aromatic rings. The number of cyclic esters (lactones) is 2. The van der Waals surface area contributed by atoms with Crippen molar-refractivity contribution in [2.45, 2.75) is 59.3 Å². The van der Waals surface area contributed by atoms with Crippen LogP contribution < -0.4 is 10.1 Å². The third kappa shape index (κ3) is 7.41. The van der Waals surface area contributed by atoms with E-state index in [0.29, 0.717) is 6.07 Å². The van der Waals surface area contributed by atoms with Crippen molar-refractivity contribution in [3.8, 4) is 5.75 Å². The third-order valence-corrected chi connectivity index (χ3v) is 6.27. The average Bonchev–Trinajstić information content (AvgIpc) is 2.94. The largest absolute Gasteiger partial charge is 0.463 e. The van der Waals surface area contributed by atoms with Gasteiger partial charge in [-0.1, -0.05) is 20.8 Å². The Kier molecular flexibility index (Phi) is 10.1. The fourth-order valence-electron chi connectivity index (χ4n) is 3.95. The number of hydrogen-bond acceptors (Lipinski definition) is 10. The Labute approximate surface area is 234 Å². The molecule has 11 nitrogen and oxygen atoms in total. The number of esters is 4. The topological polar surface area (TPSA) is 147 Å². The Morgan fingerprint density at radius 2 is 1.85 bits per heavy atom. The lowest BCUT2D eigenvalue weighted by atomic mass is 9.95. The molecule has 1 fully saturated rings. The molecule has 0 spiro atoms. The number of hydrogen-bond donors (Lipinski definition) is 1. The maximum Gasteiger partial charge on any atom is 0.346 e. The average molecular weight is 577 g/mol. The van der Waals surface area contributed by atoms with Crippen molar-refractivity contribution in [3.05, 3.63) is 58.9 Å². The number of nitrogens with one attached hydrogen (secondary N) is 1. The highest BCUT2D eigenvalue weighted by atomic mass is 19.1. The molecule has 1 saturated heterocycles. The molecular weight excluding hydrogens is 546 g/mol. The predicted molar refractivity (Wildman–Crippen MR) is 137 cm³/mol. The first-order chi connectivity index (χ1) is 19.3. The summed E-state index contributed by atoms with van der Waals surface area (Å²) in [5, 5.41) is 2.35. The number of aryl methyl sites for hydroxylation is 1. The second kappa shape index (κ2) is 13.3. The molecule has 1 N–H and O–H groups in total. The van der Waals surface area contributed by atoms with Crippen LogP contribution in [0.3, 0.4) is 0 Å². The van der Waals surface area contributed by atoms with Gasteiger partial charge in [-0.15, -0.1) is 0 Å². The quantitative estimate of drug-likeness (QED) is 0.385. The van der Waals surface area contributed by atoms with Gasteiger partial charge >= 0.3 is 23.9 Å². The number of aromatic nitrogens is 1. The molecule has 1 aromatic heterocycles. The third-order valence-electron chi connectivity index (χ3n) is 6.27. The summed E-state index contributed by atoms with van der Waals surface area (Å²) >= 11 is 0. The van der Waals surface area contributed by atoms with Crippen LogP contribution in [0.1, 0.15) is 60.5 Å². The van der Waals surface area contributed by atoms with Crippen molar-refractivity contribution in [1.29, 1.82) is 0 Å². The van der Waals surface area contributed by atoms with Crippen molar-refractivity contribution in [3.63, 3.8) is 0 Å². The number of nitrogens with zero attached hydrogens (tertiary/aromatic N) is 1. The molecule has 1 aromatic carbocycles. The fraction of sp³-hybridized carbons (Fsp3) is 0.429. The molecule has 4 unspecified atom stereocenters. The van der Waals surface area contributed by atoms with Gasteiger partial charge in [-0.3, -0.25) is 14.4 Å². The van der Waals surface area contributed by atoms with Gasteiger partial charge in [-0.25, -0.2) is 23.4 Å². The van der Waals surface area contributed by atoms with Crippen LogP contribution >= 0.6 is 0 Å². The van der Waals surface area contributed by atoms with Crippen LogP contribution in [0.5, 0.6) is 5.75 Å². The van der Waals surface area contributed by atoms with E-state index in [4.69, 9.17) is 18.9 Å². The Morgan fingerprint density at radius 1 is 1.15 bits per heavy atom. The second-order valence-corrected chi connectivity index (χ2v) is 9.69. The van der Waals surface area contributed by atoms with Gasteiger partial charge in [0, 0.05) is 12.3 Å². The van der Waals surface area contributed by atoms with Crippen LogP contribution in [-0.2, 0) is 28.6 Å².